The molecule has 0 rings (SSSR count). The zero-order valence-electron chi connectivity index (χ0n) is 10.8. The van der Waals surface area contributed by atoms with Gasteiger partial charge in [-0.1, -0.05) is 42.6 Å². The highest BCUT2D eigenvalue weighted by Gasteiger charge is 2.10. The van der Waals surface area contributed by atoms with Crippen molar-refractivity contribution in [1.82, 2.24) is 4.90 Å². The van der Waals surface area contributed by atoms with Crippen molar-refractivity contribution in [2.75, 3.05) is 18.4 Å². The Hall–Kier alpha value is 0.440. The van der Waals surface area contributed by atoms with E-state index in [1.165, 1.54) is 51.6 Å². The molecular weight excluding hydrogens is 250 g/mol. The minimum absolute atomic E-state index is 0.764. The van der Waals surface area contributed by atoms with Crippen LogP contribution in [0.3, 0.4) is 0 Å². The van der Waals surface area contributed by atoms with Gasteiger partial charge in [0, 0.05) is 11.4 Å². The molecule has 0 amide bonds. The fraction of sp³-hybridized carbons (Fsp3) is 1.00. The normalized spacial score (nSPS) is 13.4. The highest BCUT2D eigenvalue weighted by atomic mass is 79.9. The number of hydrogen-bond acceptors (Lipinski definition) is 1. The molecule has 0 aromatic carbocycles. The standard InChI is InChI=1S/C13H28BrN/c1-4-6-11-15(13(3)5-2)12-9-7-8-10-14/h13H,4-12H2,1-3H3. The molecule has 92 valence electrons. The van der Waals surface area contributed by atoms with Crippen LogP contribution in [-0.2, 0) is 0 Å². The van der Waals surface area contributed by atoms with Gasteiger partial charge >= 0.3 is 0 Å². The van der Waals surface area contributed by atoms with Crippen LogP contribution >= 0.6 is 15.9 Å². The van der Waals surface area contributed by atoms with E-state index in [-0.39, 0.29) is 0 Å². The molecule has 0 saturated carbocycles. The van der Waals surface area contributed by atoms with Gasteiger partial charge in [-0.3, -0.25) is 0 Å². The molecule has 0 aromatic rings. The minimum atomic E-state index is 0.764. The Morgan fingerprint density at radius 2 is 1.67 bits per heavy atom. The van der Waals surface area contributed by atoms with Crippen molar-refractivity contribution in [3.05, 3.63) is 0 Å². The van der Waals surface area contributed by atoms with Crippen LogP contribution in [-0.4, -0.2) is 29.4 Å². The van der Waals surface area contributed by atoms with E-state index in [0.29, 0.717) is 0 Å². The van der Waals surface area contributed by atoms with Gasteiger partial charge in [0.25, 0.3) is 0 Å². The van der Waals surface area contributed by atoms with Crippen molar-refractivity contribution < 1.29 is 0 Å². The predicted octanol–water partition coefficient (Wildman–Crippen LogP) is 4.45. The molecule has 0 spiro atoms. The van der Waals surface area contributed by atoms with Gasteiger partial charge in [-0.05, 0) is 45.7 Å². The van der Waals surface area contributed by atoms with Gasteiger partial charge in [-0.25, -0.2) is 0 Å². The monoisotopic (exact) mass is 277 g/mol. The Morgan fingerprint density at radius 1 is 1.00 bits per heavy atom. The maximum atomic E-state index is 3.49. The number of nitrogens with zero attached hydrogens (tertiary/aromatic N) is 1. The first-order valence-electron chi connectivity index (χ1n) is 6.56. The molecule has 2 heteroatoms. The average molecular weight is 278 g/mol. The molecule has 0 saturated heterocycles. The summed E-state index contributed by atoms with van der Waals surface area (Å²) in [5.74, 6) is 0. The Morgan fingerprint density at radius 3 is 2.20 bits per heavy atom. The SMILES string of the molecule is CCCCN(CCCCCBr)C(C)CC. The zero-order valence-corrected chi connectivity index (χ0v) is 12.4. The van der Waals surface area contributed by atoms with Gasteiger partial charge < -0.3 is 4.90 Å². The molecule has 0 heterocycles. The molecule has 1 nitrogen and oxygen atoms in total. The highest BCUT2D eigenvalue weighted by molar-refractivity contribution is 9.09. The summed E-state index contributed by atoms with van der Waals surface area (Å²) in [6.45, 7) is 9.52. The Bertz CT molecular complexity index is 128. The fourth-order valence-electron chi connectivity index (χ4n) is 1.76. The van der Waals surface area contributed by atoms with Crippen LogP contribution in [0.1, 0.15) is 59.3 Å². The second-order valence-corrected chi connectivity index (χ2v) is 5.19. The van der Waals surface area contributed by atoms with Crippen LogP contribution in [0.25, 0.3) is 0 Å². The quantitative estimate of drug-likeness (QED) is 0.421. The first-order valence-corrected chi connectivity index (χ1v) is 7.68. The van der Waals surface area contributed by atoms with Gasteiger partial charge in [0.1, 0.15) is 0 Å². The largest absolute Gasteiger partial charge is 0.301 e. The summed E-state index contributed by atoms with van der Waals surface area (Å²) in [5, 5.41) is 1.16. The first kappa shape index (κ1) is 15.4. The fourth-order valence-corrected chi connectivity index (χ4v) is 2.15. The molecule has 0 aliphatic carbocycles. The number of rotatable bonds is 10. The van der Waals surface area contributed by atoms with Gasteiger partial charge in [0.05, 0.1) is 0 Å². The Balaban J connectivity index is 3.69. The maximum absolute atomic E-state index is 3.49. The van der Waals surface area contributed by atoms with Crippen molar-refractivity contribution in [3.63, 3.8) is 0 Å². The first-order chi connectivity index (χ1) is 7.26. The highest BCUT2D eigenvalue weighted by Crippen LogP contribution is 2.08. The lowest BCUT2D eigenvalue weighted by Gasteiger charge is -2.28. The van der Waals surface area contributed by atoms with Gasteiger partial charge in [0.2, 0.25) is 0 Å². The molecule has 0 aliphatic rings. The molecule has 15 heavy (non-hydrogen) atoms. The number of hydrogen-bond donors (Lipinski definition) is 0. The van der Waals surface area contributed by atoms with Crippen molar-refractivity contribution in [2.45, 2.75) is 65.3 Å². The lowest BCUT2D eigenvalue weighted by Crippen LogP contribution is -2.34. The predicted molar refractivity (Wildman–Crippen MR) is 73.9 cm³/mol. The van der Waals surface area contributed by atoms with E-state index in [1.54, 1.807) is 0 Å². The molecule has 0 bridgehead atoms. The van der Waals surface area contributed by atoms with Gasteiger partial charge in [-0.15, -0.1) is 0 Å². The van der Waals surface area contributed by atoms with E-state index in [1.807, 2.05) is 0 Å². The van der Waals surface area contributed by atoms with Crippen LogP contribution in [0.2, 0.25) is 0 Å². The third kappa shape index (κ3) is 8.27. The third-order valence-electron chi connectivity index (χ3n) is 3.09. The van der Waals surface area contributed by atoms with Crippen LogP contribution in [0.5, 0.6) is 0 Å². The lowest BCUT2D eigenvalue weighted by atomic mass is 10.1. The summed E-state index contributed by atoms with van der Waals surface area (Å²) in [6, 6.07) is 0.764. The smallest absolute Gasteiger partial charge is 0.00643 e. The molecule has 0 aromatic heterocycles. The molecule has 0 radical (unpaired) electrons. The van der Waals surface area contributed by atoms with E-state index in [4.69, 9.17) is 0 Å². The topological polar surface area (TPSA) is 3.24 Å². The molecule has 1 unspecified atom stereocenters. The summed E-state index contributed by atoms with van der Waals surface area (Å²) in [6.07, 6.45) is 7.99. The van der Waals surface area contributed by atoms with Crippen molar-refractivity contribution >= 4 is 15.9 Å². The number of unbranched alkanes of at least 4 members (excludes halogenated alkanes) is 3. The second-order valence-electron chi connectivity index (χ2n) is 4.40. The molecule has 0 N–H and O–H groups in total. The van der Waals surface area contributed by atoms with E-state index >= 15 is 0 Å². The molecule has 1 atom stereocenters. The summed E-state index contributed by atoms with van der Waals surface area (Å²) >= 11 is 3.49. The van der Waals surface area contributed by atoms with Crippen molar-refractivity contribution in [1.29, 1.82) is 0 Å². The summed E-state index contributed by atoms with van der Waals surface area (Å²) in [4.78, 5) is 2.66. The van der Waals surface area contributed by atoms with Crippen LogP contribution < -0.4 is 0 Å². The summed E-state index contributed by atoms with van der Waals surface area (Å²) in [7, 11) is 0. The Labute approximate surface area is 105 Å². The molecular formula is C13H28BrN. The van der Waals surface area contributed by atoms with E-state index < -0.39 is 0 Å². The third-order valence-corrected chi connectivity index (χ3v) is 3.65. The average Bonchev–Trinajstić information content (AvgIpc) is 2.27. The minimum Gasteiger partial charge on any atom is -0.301 e. The maximum Gasteiger partial charge on any atom is 0.00643 e. The lowest BCUT2D eigenvalue weighted by molar-refractivity contribution is 0.197. The van der Waals surface area contributed by atoms with E-state index in [2.05, 4.69) is 41.6 Å². The number of alkyl halides is 1. The molecule has 0 fully saturated rings. The van der Waals surface area contributed by atoms with Gasteiger partial charge in [0.15, 0.2) is 0 Å². The van der Waals surface area contributed by atoms with Gasteiger partial charge in [-0.2, -0.15) is 0 Å². The van der Waals surface area contributed by atoms with Crippen LogP contribution in [0, 0.1) is 0 Å². The van der Waals surface area contributed by atoms with Crippen LogP contribution in [0.15, 0.2) is 0 Å². The Kier molecular flexibility index (Phi) is 11.3. The van der Waals surface area contributed by atoms with E-state index in [0.717, 1.165) is 11.4 Å². The van der Waals surface area contributed by atoms with E-state index in [9.17, 15) is 0 Å². The van der Waals surface area contributed by atoms with Crippen molar-refractivity contribution in [2.24, 2.45) is 0 Å². The molecule has 0 aliphatic heterocycles. The zero-order chi connectivity index (χ0) is 11.5. The summed E-state index contributed by atoms with van der Waals surface area (Å²) < 4.78 is 0. The van der Waals surface area contributed by atoms with Crippen molar-refractivity contribution in [3.8, 4) is 0 Å². The van der Waals surface area contributed by atoms with Crippen LogP contribution in [0.4, 0.5) is 0 Å². The summed E-state index contributed by atoms with van der Waals surface area (Å²) in [5.41, 5.74) is 0. The number of halogens is 1. The second kappa shape index (κ2) is 10.9.